The maximum Gasteiger partial charge on any atom is 0.225 e. The van der Waals surface area contributed by atoms with Crippen molar-refractivity contribution in [2.45, 2.75) is 31.7 Å². The summed E-state index contributed by atoms with van der Waals surface area (Å²) >= 11 is 6.00. The van der Waals surface area contributed by atoms with Gasteiger partial charge in [-0.3, -0.25) is 4.98 Å². The van der Waals surface area contributed by atoms with E-state index < -0.39 is 5.82 Å². The summed E-state index contributed by atoms with van der Waals surface area (Å²) in [5.74, 6) is 0.633. The zero-order valence-electron chi connectivity index (χ0n) is 14.6. The zero-order chi connectivity index (χ0) is 18.6. The van der Waals surface area contributed by atoms with Gasteiger partial charge in [-0.1, -0.05) is 24.4 Å². The molecule has 0 radical (unpaired) electrons. The molecule has 1 aliphatic carbocycles. The van der Waals surface area contributed by atoms with Crippen LogP contribution in [0.5, 0.6) is 0 Å². The smallest absolute Gasteiger partial charge is 0.225 e. The maximum absolute atomic E-state index is 14.1. The number of hydrogen-bond donors (Lipinski definition) is 2. The summed E-state index contributed by atoms with van der Waals surface area (Å²) in [6, 6.07) is 10.3. The molecule has 138 valence electrons. The molecule has 0 aliphatic heterocycles. The molecule has 4 rings (SSSR count). The van der Waals surface area contributed by atoms with E-state index in [0.29, 0.717) is 22.8 Å². The first-order chi connectivity index (χ1) is 13.2. The van der Waals surface area contributed by atoms with E-state index in [9.17, 15) is 4.39 Å². The van der Waals surface area contributed by atoms with E-state index in [2.05, 4.69) is 25.6 Å². The van der Waals surface area contributed by atoms with E-state index in [1.54, 1.807) is 18.5 Å². The topological polar surface area (TPSA) is 62.7 Å². The van der Waals surface area contributed by atoms with Gasteiger partial charge in [-0.15, -0.1) is 0 Å². The summed E-state index contributed by atoms with van der Waals surface area (Å²) in [5.41, 5.74) is 1.92. The van der Waals surface area contributed by atoms with Crippen LogP contribution in [0.15, 0.2) is 48.8 Å². The minimum atomic E-state index is -0.395. The SMILES string of the molecule is Fc1ccc(Cl)cc1Nc1cc(-c2ccncc2)nc(NC2CCCC2)n1. The molecule has 1 aromatic carbocycles. The zero-order valence-corrected chi connectivity index (χ0v) is 15.4. The van der Waals surface area contributed by atoms with Crippen LogP contribution in [-0.2, 0) is 0 Å². The van der Waals surface area contributed by atoms with Gasteiger partial charge in [-0.25, -0.2) is 9.37 Å². The van der Waals surface area contributed by atoms with Crippen molar-refractivity contribution in [1.82, 2.24) is 15.0 Å². The lowest BCUT2D eigenvalue weighted by Gasteiger charge is -2.15. The van der Waals surface area contributed by atoms with Gasteiger partial charge < -0.3 is 10.6 Å². The second-order valence-corrected chi connectivity index (χ2v) is 7.01. The van der Waals surface area contributed by atoms with E-state index in [4.69, 9.17) is 11.6 Å². The van der Waals surface area contributed by atoms with Gasteiger partial charge in [0.15, 0.2) is 0 Å². The third-order valence-electron chi connectivity index (χ3n) is 4.58. The molecule has 0 unspecified atom stereocenters. The Hall–Kier alpha value is -2.73. The Morgan fingerprint density at radius 1 is 1.00 bits per heavy atom. The van der Waals surface area contributed by atoms with Crippen molar-refractivity contribution in [3.63, 3.8) is 0 Å². The molecule has 27 heavy (non-hydrogen) atoms. The predicted octanol–water partition coefficient (Wildman–Crippen LogP) is 5.43. The molecule has 7 heteroatoms. The van der Waals surface area contributed by atoms with Crippen LogP contribution in [0.2, 0.25) is 5.02 Å². The number of nitrogens with one attached hydrogen (secondary N) is 2. The Balaban J connectivity index is 1.69. The monoisotopic (exact) mass is 383 g/mol. The summed E-state index contributed by atoms with van der Waals surface area (Å²) < 4.78 is 14.1. The molecule has 2 heterocycles. The Bertz CT molecular complexity index is 929. The van der Waals surface area contributed by atoms with Gasteiger partial charge in [0.1, 0.15) is 11.6 Å². The number of aromatic nitrogens is 3. The number of hydrogen-bond acceptors (Lipinski definition) is 5. The fourth-order valence-corrected chi connectivity index (χ4v) is 3.40. The van der Waals surface area contributed by atoms with Gasteiger partial charge in [0.2, 0.25) is 5.95 Å². The summed E-state index contributed by atoms with van der Waals surface area (Å²) in [6.45, 7) is 0. The highest BCUT2D eigenvalue weighted by Gasteiger charge is 2.17. The molecule has 1 fully saturated rings. The lowest BCUT2D eigenvalue weighted by molar-refractivity contribution is 0.632. The van der Waals surface area contributed by atoms with Crippen molar-refractivity contribution in [3.8, 4) is 11.3 Å². The largest absolute Gasteiger partial charge is 0.351 e. The molecule has 3 aromatic rings. The third-order valence-corrected chi connectivity index (χ3v) is 4.82. The summed E-state index contributed by atoms with van der Waals surface area (Å²) in [5, 5.41) is 6.88. The summed E-state index contributed by atoms with van der Waals surface area (Å²) in [6.07, 6.45) is 8.06. The molecule has 0 saturated heterocycles. The van der Waals surface area contributed by atoms with Crippen LogP contribution >= 0.6 is 11.6 Å². The maximum atomic E-state index is 14.1. The van der Waals surface area contributed by atoms with Gasteiger partial charge >= 0.3 is 0 Å². The van der Waals surface area contributed by atoms with Gasteiger partial charge in [0, 0.05) is 35.1 Å². The second-order valence-electron chi connectivity index (χ2n) is 6.57. The standard InChI is InChI=1S/C20H19ClFN5/c21-14-5-6-16(22)18(11-14)25-19-12-17(13-7-9-23-10-8-13)26-20(27-19)24-15-3-1-2-4-15/h5-12,15H,1-4H2,(H2,24,25,26,27). The summed E-state index contributed by atoms with van der Waals surface area (Å²) in [4.78, 5) is 13.2. The number of benzene rings is 1. The van der Waals surface area contributed by atoms with Crippen LogP contribution < -0.4 is 10.6 Å². The normalized spacial score (nSPS) is 14.3. The third kappa shape index (κ3) is 4.34. The van der Waals surface area contributed by atoms with Gasteiger partial charge in [-0.05, 0) is 43.2 Å². The molecule has 1 saturated carbocycles. The number of pyridine rings is 1. The first kappa shape index (κ1) is 17.7. The van der Waals surface area contributed by atoms with Crippen molar-refractivity contribution in [1.29, 1.82) is 0 Å². The highest BCUT2D eigenvalue weighted by Crippen LogP contribution is 2.28. The molecule has 5 nitrogen and oxygen atoms in total. The average molecular weight is 384 g/mol. The van der Waals surface area contributed by atoms with Crippen molar-refractivity contribution >= 4 is 29.1 Å². The van der Waals surface area contributed by atoms with Gasteiger partial charge in [0.25, 0.3) is 0 Å². The summed E-state index contributed by atoms with van der Waals surface area (Å²) in [7, 11) is 0. The van der Waals surface area contributed by atoms with E-state index in [0.717, 1.165) is 24.1 Å². The van der Waals surface area contributed by atoms with E-state index in [-0.39, 0.29) is 5.69 Å². The van der Waals surface area contributed by atoms with Crippen LogP contribution in [0.3, 0.4) is 0 Å². The minimum Gasteiger partial charge on any atom is -0.351 e. The van der Waals surface area contributed by atoms with Crippen LogP contribution in [0, 0.1) is 5.82 Å². The number of rotatable bonds is 5. The number of nitrogens with zero attached hydrogens (tertiary/aromatic N) is 3. The molecule has 0 amide bonds. The fourth-order valence-electron chi connectivity index (χ4n) is 3.23. The molecule has 0 spiro atoms. The Morgan fingerprint density at radius 2 is 1.78 bits per heavy atom. The lowest BCUT2D eigenvalue weighted by atomic mass is 10.2. The lowest BCUT2D eigenvalue weighted by Crippen LogP contribution is -2.17. The van der Waals surface area contributed by atoms with Gasteiger partial charge in [-0.2, -0.15) is 4.98 Å². The number of anilines is 3. The predicted molar refractivity (Wildman–Crippen MR) is 106 cm³/mol. The van der Waals surface area contributed by atoms with Crippen LogP contribution in [0.25, 0.3) is 11.3 Å². The highest BCUT2D eigenvalue weighted by molar-refractivity contribution is 6.30. The van der Waals surface area contributed by atoms with E-state index >= 15 is 0 Å². The van der Waals surface area contributed by atoms with E-state index in [1.165, 1.54) is 31.0 Å². The van der Waals surface area contributed by atoms with Crippen LogP contribution in [0.4, 0.5) is 21.8 Å². The fraction of sp³-hybridized carbons (Fsp3) is 0.250. The Labute approximate surface area is 162 Å². The quantitative estimate of drug-likeness (QED) is 0.615. The Morgan fingerprint density at radius 3 is 2.56 bits per heavy atom. The molecule has 0 bridgehead atoms. The highest BCUT2D eigenvalue weighted by atomic mass is 35.5. The van der Waals surface area contributed by atoms with Crippen LogP contribution in [-0.4, -0.2) is 21.0 Å². The molecule has 0 atom stereocenters. The first-order valence-electron chi connectivity index (χ1n) is 8.95. The van der Waals surface area contributed by atoms with Crippen LogP contribution in [0.1, 0.15) is 25.7 Å². The molecular weight excluding hydrogens is 365 g/mol. The van der Waals surface area contributed by atoms with Crippen molar-refractivity contribution in [2.24, 2.45) is 0 Å². The Kier molecular flexibility index (Phi) is 5.16. The molecule has 1 aliphatic rings. The van der Waals surface area contributed by atoms with Crippen molar-refractivity contribution < 1.29 is 4.39 Å². The van der Waals surface area contributed by atoms with Gasteiger partial charge in [0.05, 0.1) is 11.4 Å². The first-order valence-corrected chi connectivity index (χ1v) is 9.33. The molecule has 2 N–H and O–H groups in total. The van der Waals surface area contributed by atoms with Crippen molar-refractivity contribution in [2.75, 3.05) is 10.6 Å². The molecular formula is C20H19ClFN5. The molecule has 2 aromatic heterocycles. The van der Waals surface area contributed by atoms with Crippen molar-refractivity contribution in [3.05, 3.63) is 59.6 Å². The number of halogens is 2. The average Bonchev–Trinajstić information content (AvgIpc) is 3.18. The minimum absolute atomic E-state index is 0.272. The van der Waals surface area contributed by atoms with E-state index in [1.807, 2.05) is 12.1 Å². The second kappa shape index (κ2) is 7.88.